The van der Waals surface area contributed by atoms with E-state index >= 15 is 0 Å². The molecule has 5 N–H and O–H groups in total. The van der Waals surface area contributed by atoms with Crippen LogP contribution in [0.4, 0.5) is 11.4 Å². The minimum atomic E-state index is -1.19. The van der Waals surface area contributed by atoms with Gasteiger partial charge in [0.2, 0.25) is 0 Å². The number of hydrogen-bond donors (Lipinski definition) is 4. The van der Waals surface area contributed by atoms with Crippen LogP contribution >= 0.6 is 0 Å². The first kappa shape index (κ1) is 28.0. The Hall–Kier alpha value is -4.52. The number of nitrogens with one attached hydrogen (secondary N) is 1. The zero-order chi connectivity index (χ0) is 29.1. The topological polar surface area (TPSA) is 122 Å². The van der Waals surface area contributed by atoms with Crippen LogP contribution < -0.4 is 15.8 Å². The number of benzene rings is 3. The molecule has 2 aliphatic carbocycles. The molecule has 0 aromatic heterocycles. The Morgan fingerprint density at radius 3 is 2.20 bits per heavy atom. The Morgan fingerprint density at radius 1 is 0.829 bits per heavy atom. The number of aliphatic hydroxyl groups is 1. The molecule has 0 fully saturated rings. The van der Waals surface area contributed by atoms with Crippen molar-refractivity contribution in [2.45, 2.75) is 46.0 Å². The number of aryl methyl sites for hydroxylation is 1. The first-order chi connectivity index (χ1) is 19.8. The van der Waals surface area contributed by atoms with Crippen molar-refractivity contribution in [2.24, 2.45) is 11.8 Å². The number of ketones is 2. The molecule has 0 aliphatic heterocycles. The van der Waals surface area contributed by atoms with E-state index in [0.717, 1.165) is 37.8 Å². The largest absolute Gasteiger partial charge is 0.511 e. The van der Waals surface area contributed by atoms with Crippen molar-refractivity contribution in [2.75, 3.05) is 17.7 Å². The van der Waals surface area contributed by atoms with Crippen LogP contribution in [0.3, 0.4) is 0 Å². The lowest BCUT2D eigenvalue weighted by Gasteiger charge is -2.36. The maximum absolute atomic E-state index is 13.9. The van der Waals surface area contributed by atoms with Crippen LogP contribution in [-0.4, -0.2) is 28.4 Å². The highest BCUT2D eigenvalue weighted by Gasteiger charge is 2.50. The fourth-order valence-corrected chi connectivity index (χ4v) is 5.54. The molecule has 0 radical (unpaired) electrons. The van der Waals surface area contributed by atoms with Crippen LogP contribution in [0.2, 0.25) is 0 Å². The molecule has 0 unspecified atom stereocenters. The van der Waals surface area contributed by atoms with Gasteiger partial charge in [-0.2, -0.15) is 0 Å². The maximum Gasteiger partial charge on any atom is 0.177 e. The van der Waals surface area contributed by atoms with E-state index in [1.54, 1.807) is 6.08 Å². The number of nitrogens with two attached hydrogens (primary N) is 1. The molecule has 0 saturated carbocycles. The first-order valence-corrected chi connectivity index (χ1v) is 14.3. The van der Waals surface area contributed by atoms with Crippen molar-refractivity contribution in [3.63, 3.8) is 0 Å². The summed E-state index contributed by atoms with van der Waals surface area (Å²) < 4.78 is 5.79. The third-order valence-corrected chi connectivity index (χ3v) is 7.81. The SMILES string of the molecule is CCCCOc1ccc(C2=C(O)[C@H]3C(=O)c4c(N)ccc(O)c4C(=O)[C@@H]3C(Nc3ccc(CCCC)cc3)=C2)cc1. The quantitative estimate of drug-likeness (QED) is 0.120. The fraction of sp³-hybridized carbons (Fsp3) is 0.294. The zero-order valence-electron chi connectivity index (χ0n) is 23.4. The molecular formula is C34H36N2O5. The number of phenols is 1. The summed E-state index contributed by atoms with van der Waals surface area (Å²) in [5, 5.41) is 25.5. The van der Waals surface area contributed by atoms with E-state index in [1.807, 2.05) is 48.5 Å². The van der Waals surface area contributed by atoms with Crippen molar-refractivity contribution >= 4 is 28.5 Å². The van der Waals surface area contributed by atoms with E-state index in [-0.39, 0.29) is 28.3 Å². The average molecular weight is 553 g/mol. The smallest absolute Gasteiger partial charge is 0.177 e. The molecule has 7 heteroatoms. The highest BCUT2D eigenvalue weighted by molar-refractivity contribution is 6.22. The molecule has 5 rings (SSSR count). The van der Waals surface area contributed by atoms with Gasteiger partial charge in [-0.3, -0.25) is 9.59 Å². The van der Waals surface area contributed by atoms with Crippen molar-refractivity contribution < 1.29 is 24.5 Å². The van der Waals surface area contributed by atoms with Crippen LogP contribution in [0.5, 0.6) is 11.5 Å². The van der Waals surface area contributed by atoms with Crippen molar-refractivity contribution in [1.82, 2.24) is 0 Å². The molecule has 0 bridgehead atoms. The highest BCUT2D eigenvalue weighted by Crippen LogP contribution is 2.47. The normalized spacial score (nSPS) is 18.0. The van der Waals surface area contributed by atoms with Gasteiger partial charge in [0, 0.05) is 22.6 Å². The van der Waals surface area contributed by atoms with Crippen LogP contribution in [0.25, 0.3) is 5.57 Å². The van der Waals surface area contributed by atoms with Gasteiger partial charge in [0.1, 0.15) is 17.3 Å². The van der Waals surface area contributed by atoms with Gasteiger partial charge in [-0.25, -0.2) is 0 Å². The molecule has 3 aromatic rings. The number of carbonyl (C=O) groups is 2. The Bertz CT molecular complexity index is 1520. The molecule has 7 nitrogen and oxygen atoms in total. The number of unbranched alkanes of at least 4 members (excludes halogenated alkanes) is 2. The number of phenolic OH excluding ortho intramolecular Hbond substituents is 1. The Morgan fingerprint density at radius 2 is 1.51 bits per heavy atom. The van der Waals surface area contributed by atoms with Gasteiger partial charge >= 0.3 is 0 Å². The second kappa shape index (κ2) is 11.9. The third kappa shape index (κ3) is 5.44. The molecule has 0 amide bonds. The lowest BCUT2D eigenvalue weighted by Crippen LogP contribution is -2.42. The molecular weight excluding hydrogens is 516 g/mol. The summed E-state index contributed by atoms with van der Waals surface area (Å²) in [5.74, 6) is -3.02. The Balaban J connectivity index is 1.57. The number of fused-ring (bicyclic) bond motifs is 2. The minimum Gasteiger partial charge on any atom is -0.511 e. The average Bonchev–Trinajstić information content (AvgIpc) is 2.98. The van der Waals surface area contributed by atoms with Gasteiger partial charge in [-0.15, -0.1) is 0 Å². The number of anilines is 2. The van der Waals surface area contributed by atoms with Crippen molar-refractivity contribution in [3.05, 3.63) is 100 Å². The summed E-state index contributed by atoms with van der Waals surface area (Å²) in [6.45, 7) is 4.87. The van der Waals surface area contributed by atoms with Crippen LogP contribution in [-0.2, 0) is 6.42 Å². The van der Waals surface area contributed by atoms with Crippen molar-refractivity contribution in [1.29, 1.82) is 0 Å². The molecule has 212 valence electrons. The Labute approximate surface area is 240 Å². The van der Waals surface area contributed by atoms with E-state index in [2.05, 4.69) is 19.2 Å². The summed E-state index contributed by atoms with van der Waals surface area (Å²) in [4.78, 5) is 27.8. The van der Waals surface area contributed by atoms with Gasteiger partial charge < -0.3 is 26.0 Å². The van der Waals surface area contributed by atoms with Crippen LogP contribution in [0.1, 0.15) is 71.4 Å². The maximum atomic E-state index is 13.9. The minimum absolute atomic E-state index is 0.0525. The second-order valence-electron chi connectivity index (χ2n) is 10.7. The number of ether oxygens (including phenoxy) is 1. The highest BCUT2D eigenvalue weighted by atomic mass is 16.5. The number of aliphatic hydroxyl groups excluding tert-OH is 1. The molecule has 0 saturated heterocycles. The van der Waals surface area contributed by atoms with Crippen LogP contribution in [0, 0.1) is 11.8 Å². The predicted octanol–water partition coefficient (Wildman–Crippen LogP) is 7.09. The number of rotatable bonds is 10. The van der Waals surface area contributed by atoms with Gasteiger partial charge in [-0.1, -0.05) is 51.0 Å². The summed E-state index contributed by atoms with van der Waals surface area (Å²) in [7, 11) is 0. The van der Waals surface area contributed by atoms with E-state index in [4.69, 9.17) is 10.5 Å². The number of nitrogen functional groups attached to an aromatic ring is 1. The molecule has 41 heavy (non-hydrogen) atoms. The number of allylic oxidation sites excluding steroid dienone is 4. The first-order valence-electron chi connectivity index (χ1n) is 14.3. The summed E-state index contributed by atoms with van der Waals surface area (Å²) in [6, 6.07) is 18.0. The number of aromatic hydroxyl groups is 1. The van der Waals surface area contributed by atoms with Crippen LogP contribution in [0.15, 0.2) is 78.2 Å². The van der Waals surface area contributed by atoms with Gasteiger partial charge in [0.15, 0.2) is 11.6 Å². The van der Waals surface area contributed by atoms with Gasteiger partial charge in [0.25, 0.3) is 0 Å². The fourth-order valence-electron chi connectivity index (χ4n) is 5.54. The number of Topliss-reactive ketones (excluding diaryl/α,β-unsaturated/α-hetero) is 2. The number of carbonyl (C=O) groups excluding carboxylic acids is 2. The summed E-state index contributed by atoms with van der Waals surface area (Å²) in [6.07, 6.45) is 6.88. The third-order valence-electron chi connectivity index (χ3n) is 7.81. The number of hydrogen-bond acceptors (Lipinski definition) is 7. The lowest BCUT2D eigenvalue weighted by atomic mass is 9.67. The Kier molecular flexibility index (Phi) is 8.15. The molecule has 2 atom stereocenters. The van der Waals surface area contributed by atoms with E-state index in [9.17, 15) is 19.8 Å². The second-order valence-corrected chi connectivity index (χ2v) is 10.7. The van der Waals surface area contributed by atoms with E-state index in [1.165, 1.54) is 17.7 Å². The van der Waals surface area contributed by atoms with Crippen molar-refractivity contribution in [3.8, 4) is 11.5 Å². The molecule has 0 heterocycles. The summed E-state index contributed by atoms with van der Waals surface area (Å²) in [5.41, 5.74) is 9.57. The summed E-state index contributed by atoms with van der Waals surface area (Å²) >= 11 is 0. The predicted molar refractivity (Wildman–Crippen MR) is 161 cm³/mol. The zero-order valence-corrected chi connectivity index (χ0v) is 23.4. The van der Waals surface area contributed by atoms with E-state index in [0.29, 0.717) is 29.2 Å². The lowest BCUT2D eigenvalue weighted by molar-refractivity contribution is 0.0750. The van der Waals surface area contributed by atoms with Gasteiger partial charge in [-0.05, 0) is 72.9 Å². The molecule has 2 aliphatic rings. The van der Waals surface area contributed by atoms with Gasteiger partial charge in [0.05, 0.1) is 29.6 Å². The monoisotopic (exact) mass is 552 g/mol. The van der Waals surface area contributed by atoms with E-state index < -0.39 is 23.4 Å². The standard InChI is InChI=1S/C34H36N2O5/c1-3-5-7-20-8-12-22(13-9-20)36-26-19-24(21-10-14-23(15-11-21)41-18-6-4-2)32(38)31-29(26)34(40)30-27(37)17-16-25(35)28(30)33(31)39/h8-17,19,29,31,36-38H,3-7,18,35H2,1-2H3/t29-,31+/m1/s1. The molecule has 0 spiro atoms. The molecule has 3 aromatic carbocycles.